The van der Waals surface area contributed by atoms with Gasteiger partial charge in [0.1, 0.15) is 11.4 Å². The molecule has 132 valence electrons. The lowest BCUT2D eigenvalue weighted by molar-refractivity contribution is -0.143. The second-order valence-electron chi connectivity index (χ2n) is 7.49. The maximum Gasteiger partial charge on any atom is 0.306 e. The molecule has 1 saturated carbocycles. The fourth-order valence-corrected chi connectivity index (χ4v) is 3.94. The summed E-state index contributed by atoms with van der Waals surface area (Å²) in [4.78, 5) is 36.9. The van der Waals surface area contributed by atoms with Crippen molar-refractivity contribution in [2.75, 3.05) is 29.9 Å². The van der Waals surface area contributed by atoms with Crippen LogP contribution in [0.3, 0.4) is 0 Å². The molecule has 0 atom stereocenters. The first-order valence-corrected chi connectivity index (χ1v) is 9.02. The van der Waals surface area contributed by atoms with Crippen molar-refractivity contribution < 1.29 is 9.90 Å². The van der Waals surface area contributed by atoms with E-state index in [-0.39, 0.29) is 11.3 Å². The Kier molecular flexibility index (Phi) is 4.92. The number of hydrogen-bond donors (Lipinski definition) is 2. The summed E-state index contributed by atoms with van der Waals surface area (Å²) in [5.41, 5.74) is 0.297. The van der Waals surface area contributed by atoms with Gasteiger partial charge in [0.15, 0.2) is 0 Å². The van der Waals surface area contributed by atoms with Gasteiger partial charge < -0.3 is 15.3 Å². The zero-order valence-electron chi connectivity index (χ0n) is 14.2. The first-order chi connectivity index (χ1) is 11.5. The number of nitrogens with one attached hydrogen (secondary N) is 1. The normalized spacial score (nSPS) is 25.8. The topological polar surface area (TPSA) is 86.7 Å². The number of carboxylic acid groups (broad SMARTS) is 1. The maximum absolute atomic E-state index is 12.0. The lowest BCUT2D eigenvalue weighted by Crippen LogP contribution is -2.45. The Bertz CT molecular complexity index is 661. The number of carbonyl (C=O) groups is 1. The van der Waals surface area contributed by atoms with Gasteiger partial charge >= 0.3 is 5.97 Å². The highest BCUT2D eigenvalue weighted by Gasteiger charge is 2.30. The Balaban J connectivity index is 1.57. The molecule has 1 saturated heterocycles. The Morgan fingerprint density at radius 1 is 1.08 bits per heavy atom. The first kappa shape index (κ1) is 17.0. The van der Waals surface area contributed by atoms with Crippen LogP contribution >= 0.6 is 0 Å². The third kappa shape index (κ3) is 3.32. The van der Waals surface area contributed by atoms with Crippen molar-refractivity contribution in [1.82, 2.24) is 0 Å². The van der Waals surface area contributed by atoms with Gasteiger partial charge in [0, 0.05) is 19.6 Å². The average molecular weight is 334 g/mol. The number of piperidine rings is 1. The molecule has 0 unspecified atom stereocenters. The highest BCUT2D eigenvalue weighted by atomic mass is 16.4. The summed E-state index contributed by atoms with van der Waals surface area (Å²) in [5.74, 6) is 0.122. The van der Waals surface area contributed by atoms with E-state index in [1.165, 1.54) is 0 Å². The molecule has 0 radical (unpaired) electrons. The number of hydrogen-bond acceptors (Lipinski definition) is 5. The largest absolute Gasteiger partial charge is 0.481 e. The van der Waals surface area contributed by atoms with Crippen molar-refractivity contribution in [3.8, 4) is 0 Å². The maximum atomic E-state index is 12.0. The zero-order valence-corrected chi connectivity index (χ0v) is 14.2. The minimum absolute atomic E-state index is 0.224. The van der Waals surface area contributed by atoms with Gasteiger partial charge in [-0.2, -0.15) is 0 Å². The van der Waals surface area contributed by atoms with Gasteiger partial charge in [-0.3, -0.25) is 14.4 Å². The number of carboxylic acids is 1. The number of anilines is 2. The minimum atomic E-state index is -0.703. The zero-order chi connectivity index (χ0) is 17.3. The predicted molar refractivity (Wildman–Crippen MR) is 93.5 cm³/mol. The van der Waals surface area contributed by atoms with Crippen LogP contribution in [0.15, 0.2) is 9.59 Å². The first-order valence-electron chi connectivity index (χ1n) is 9.02. The van der Waals surface area contributed by atoms with E-state index < -0.39 is 11.4 Å². The summed E-state index contributed by atoms with van der Waals surface area (Å²) < 4.78 is 0. The second-order valence-corrected chi connectivity index (χ2v) is 7.49. The van der Waals surface area contributed by atoms with Gasteiger partial charge in [-0.15, -0.1) is 0 Å². The second kappa shape index (κ2) is 6.95. The molecule has 6 nitrogen and oxygen atoms in total. The molecule has 6 heteroatoms. The Labute approximate surface area is 141 Å². The van der Waals surface area contributed by atoms with Crippen LogP contribution in [0.1, 0.15) is 45.4 Å². The van der Waals surface area contributed by atoms with Crippen LogP contribution in [0.2, 0.25) is 0 Å². The van der Waals surface area contributed by atoms with E-state index in [2.05, 4.69) is 12.2 Å². The number of nitrogens with zero attached hydrogens (tertiary/aromatic N) is 1. The molecule has 2 fully saturated rings. The van der Waals surface area contributed by atoms with Crippen LogP contribution in [0.4, 0.5) is 11.4 Å². The third-order valence-corrected chi connectivity index (χ3v) is 5.75. The Hall–Kier alpha value is -1.85. The summed E-state index contributed by atoms with van der Waals surface area (Å²) in [6, 6.07) is 0. The molecule has 1 aromatic carbocycles. The van der Waals surface area contributed by atoms with Crippen molar-refractivity contribution in [2.45, 2.75) is 45.4 Å². The fraction of sp³-hybridized carbons (Fsp3) is 0.722. The van der Waals surface area contributed by atoms with Crippen molar-refractivity contribution in [1.29, 1.82) is 0 Å². The predicted octanol–water partition coefficient (Wildman–Crippen LogP) is 1.82. The smallest absolute Gasteiger partial charge is 0.306 e. The van der Waals surface area contributed by atoms with E-state index in [1.807, 2.05) is 4.90 Å². The molecule has 2 aliphatic rings. The van der Waals surface area contributed by atoms with Crippen molar-refractivity contribution in [3.63, 3.8) is 0 Å². The fourth-order valence-electron chi connectivity index (χ4n) is 3.94. The van der Waals surface area contributed by atoms with Crippen LogP contribution in [-0.2, 0) is 4.79 Å². The van der Waals surface area contributed by atoms with Crippen molar-refractivity contribution in [3.05, 3.63) is 20.4 Å². The highest BCUT2D eigenvalue weighted by molar-refractivity contribution is 5.75. The average Bonchev–Trinajstić information content (AvgIpc) is 2.59. The molecular formula is C18H26N2O4. The number of rotatable bonds is 5. The summed E-state index contributed by atoms with van der Waals surface area (Å²) in [7, 11) is 0. The number of aliphatic carboxylic acids is 1. The van der Waals surface area contributed by atoms with Crippen LogP contribution in [0.5, 0.6) is 0 Å². The molecular weight excluding hydrogens is 308 g/mol. The molecule has 1 heterocycles. The van der Waals surface area contributed by atoms with Gasteiger partial charge in [0.2, 0.25) is 0 Å². The van der Waals surface area contributed by atoms with E-state index >= 15 is 0 Å². The summed E-state index contributed by atoms with van der Waals surface area (Å²) in [6.07, 6.45) is 5.22. The van der Waals surface area contributed by atoms with Crippen LogP contribution < -0.4 is 21.1 Å². The Morgan fingerprint density at radius 3 is 2.29 bits per heavy atom. The van der Waals surface area contributed by atoms with Crippen LogP contribution in [0, 0.1) is 17.8 Å². The van der Waals surface area contributed by atoms with E-state index in [1.54, 1.807) is 0 Å². The SMILES string of the molecule is CC1CCN(c2c(NCC3CCC(C(=O)O)CC3)c(=O)c2=O)CC1. The van der Waals surface area contributed by atoms with Crippen molar-refractivity contribution in [2.24, 2.45) is 17.8 Å². The minimum Gasteiger partial charge on any atom is -0.481 e. The van der Waals surface area contributed by atoms with Gasteiger partial charge in [0.25, 0.3) is 10.9 Å². The molecule has 0 amide bonds. The van der Waals surface area contributed by atoms with Crippen LogP contribution in [0.25, 0.3) is 0 Å². The standard InChI is InChI=1S/C18H26N2O4/c1-11-6-8-20(9-7-11)15-14(16(21)17(15)22)19-10-12-2-4-13(5-3-12)18(23)24/h11-13,19H,2-10H2,1H3,(H,23,24). The van der Waals surface area contributed by atoms with E-state index in [9.17, 15) is 14.4 Å². The molecule has 3 rings (SSSR count). The monoisotopic (exact) mass is 334 g/mol. The van der Waals surface area contributed by atoms with Gasteiger partial charge in [0.05, 0.1) is 5.92 Å². The molecule has 1 aromatic rings. The summed E-state index contributed by atoms with van der Waals surface area (Å²) in [5, 5.41) is 12.2. The Morgan fingerprint density at radius 2 is 1.71 bits per heavy atom. The molecule has 24 heavy (non-hydrogen) atoms. The quantitative estimate of drug-likeness (QED) is 0.799. The molecule has 2 N–H and O–H groups in total. The van der Waals surface area contributed by atoms with E-state index in [0.717, 1.165) is 38.8 Å². The summed E-state index contributed by atoms with van der Waals surface area (Å²) in [6.45, 7) is 4.54. The van der Waals surface area contributed by atoms with Crippen LogP contribution in [-0.4, -0.2) is 30.7 Å². The lowest BCUT2D eigenvalue weighted by Gasteiger charge is -2.34. The molecule has 0 bridgehead atoms. The molecule has 0 aromatic heterocycles. The molecule has 0 spiro atoms. The third-order valence-electron chi connectivity index (χ3n) is 5.75. The highest BCUT2D eigenvalue weighted by Crippen LogP contribution is 2.30. The molecule has 1 aliphatic carbocycles. The summed E-state index contributed by atoms with van der Waals surface area (Å²) >= 11 is 0. The lowest BCUT2D eigenvalue weighted by atomic mass is 9.82. The van der Waals surface area contributed by atoms with Crippen molar-refractivity contribution >= 4 is 17.3 Å². The van der Waals surface area contributed by atoms with Gasteiger partial charge in [-0.1, -0.05) is 6.92 Å². The van der Waals surface area contributed by atoms with E-state index in [4.69, 9.17) is 5.11 Å². The van der Waals surface area contributed by atoms with Gasteiger partial charge in [-0.25, -0.2) is 0 Å². The van der Waals surface area contributed by atoms with Gasteiger partial charge in [-0.05, 0) is 50.4 Å². The van der Waals surface area contributed by atoms with E-state index in [0.29, 0.717) is 42.6 Å². The molecule has 1 aliphatic heterocycles.